The summed E-state index contributed by atoms with van der Waals surface area (Å²) in [4.78, 5) is 6.61. The smallest absolute Gasteiger partial charge is 0.0949 e. The van der Waals surface area contributed by atoms with E-state index in [9.17, 15) is 0 Å². The molecule has 2 N–H and O–H groups in total. The zero-order chi connectivity index (χ0) is 12.0. The molecule has 0 spiro atoms. The number of imidazole rings is 1. The fourth-order valence-electron chi connectivity index (χ4n) is 1.89. The molecule has 1 aromatic rings. The number of nitrogens with zero attached hydrogens (tertiary/aromatic N) is 3. The van der Waals surface area contributed by atoms with Crippen LogP contribution in [-0.2, 0) is 6.54 Å². The second-order valence-corrected chi connectivity index (χ2v) is 4.23. The standard InChI is InChI=1S/C12H24N4/c1-4-6-15(5-2)7-8-16-10-14-9-12(16)11(3)13/h9-11H,4-8,13H2,1-3H3. The largest absolute Gasteiger partial charge is 0.332 e. The van der Waals surface area contributed by atoms with Gasteiger partial charge in [-0.3, -0.25) is 0 Å². The highest BCUT2D eigenvalue weighted by molar-refractivity contribution is 5.03. The van der Waals surface area contributed by atoms with E-state index in [1.807, 2.05) is 19.4 Å². The highest BCUT2D eigenvalue weighted by atomic mass is 15.2. The van der Waals surface area contributed by atoms with Crippen LogP contribution in [0, 0.1) is 0 Å². The van der Waals surface area contributed by atoms with Gasteiger partial charge in [0, 0.05) is 25.3 Å². The summed E-state index contributed by atoms with van der Waals surface area (Å²) in [6.45, 7) is 10.7. The molecule has 1 aromatic heterocycles. The molecule has 0 radical (unpaired) electrons. The van der Waals surface area contributed by atoms with Crippen LogP contribution in [-0.4, -0.2) is 34.1 Å². The molecule has 0 saturated carbocycles. The first-order valence-electron chi connectivity index (χ1n) is 6.17. The lowest BCUT2D eigenvalue weighted by Gasteiger charge is -2.20. The summed E-state index contributed by atoms with van der Waals surface area (Å²) in [6.07, 6.45) is 4.94. The third kappa shape index (κ3) is 3.61. The summed E-state index contributed by atoms with van der Waals surface area (Å²) >= 11 is 0. The molecule has 92 valence electrons. The van der Waals surface area contributed by atoms with Gasteiger partial charge >= 0.3 is 0 Å². The molecule has 0 amide bonds. The van der Waals surface area contributed by atoms with Gasteiger partial charge in [0.05, 0.1) is 12.0 Å². The van der Waals surface area contributed by atoms with Gasteiger partial charge in [-0.05, 0) is 26.4 Å². The quantitative estimate of drug-likeness (QED) is 0.766. The number of hydrogen-bond donors (Lipinski definition) is 1. The van der Waals surface area contributed by atoms with Crippen LogP contribution in [0.3, 0.4) is 0 Å². The van der Waals surface area contributed by atoms with Gasteiger partial charge < -0.3 is 15.2 Å². The molecule has 1 rings (SSSR count). The Balaban J connectivity index is 2.49. The monoisotopic (exact) mass is 224 g/mol. The van der Waals surface area contributed by atoms with E-state index in [1.165, 1.54) is 13.0 Å². The van der Waals surface area contributed by atoms with E-state index in [4.69, 9.17) is 5.73 Å². The van der Waals surface area contributed by atoms with Gasteiger partial charge in [0.15, 0.2) is 0 Å². The minimum absolute atomic E-state index is 0.0590. The van der Waals surface area contributed by atoms with Gasteiger partial charge in [0.25, 0.3) is 0 Å². The molecule has 1 heterocycles. The van der Waals surface area contributed by atoms with Crippen molar-refractivity contribution in [3.63, 3.8) is 0 Å². The third-order valence-corrected chi connectivity index (χ3v) is 2.86. The first kappa shape index (κ1) is 13.2. The van der Waals surface area contributed by atoms with Crippen molar-refractivity contribution in [3.8, 4) is 0 Å². The molecule has 0 aromatic carbocycles. The SMILES string of the molecule is CCCN(CC)CCn1cncc1C(C)N. The number of aromatic nitrogens is 2. The van der Waals surface area contributed by atoms with Crippen molar-refractivity contribution in [2.75, 3.05) is 19.6 Å². The molecule has 0 saturated heterocycles. The molecule has 0 fully saturated rings. The van der Waals surface area contributed by atoms with E-state index >= 15 is 0 Å². The maximum absolute atomic E-state index is 5.88. The van der Waals surface area contributed by atoms with Gasteiger partial charge in [0.2, 0.25) is 0 Å². The minimum atomic E-state index is 0.0590. The zero-order valence-electron chi connectivity index (χ0n) is 10.7. The fourth-order valence-corrected chi connectivity index (χ4v) is 1.89. The molecule has 1 unspecified atom stereocenters. The molecule has 1 atom stereocenters. The number of rotatable bonds is 7. The van der Waals surface area contributed by atoms with Gasteiger partial charge in [0.1, 0.15) is 0 Å². The molecule has 4 heteroatoms. The van der Waals surface area contributed by atoms with Crippen LogP contribution < -0.4 is 5.73 Å². The molecular weight excluding hydrogens is 200 g/mol. The number of likely N-dealkylation sites (N-methyl/N-ethyl adjacent to an activating group) is 1. The van der Waals surface area contributed by atoms with E-state index in [0.29, 0.717) is 0 Å². The van der Waals surface area contributed by atoms with Crippen LogP contribution in [0.2, 0.25) is 0 Å². The average Bonchev–Trinajstić information content (AvgIpc) is 2.72. The lowest BCUT2D eigenvalue weighted by Crippen LogP contribution is -2.28. The summed E-state index contributed by atoms with van der Waals surface area (Å²) in [7, 11) is 0. The van der Waals surface area contributed by atoms with E-state index in [2.05, 4.69) is 28.3 Å². The Kier molecular flexibility index (Phi) is 5.49. The van der Waals surface area contributed by atoms with Crippen LogP contribution in [0.1, 0.15) is 38.9 Å². The zero-order valence-corrected chi connectivity index (χ0v) is 10.7. The fraction of sp³-hybridized carbons (Fsp3) is 0.750. The van der Waals surface area contributed by atoms with Crippen molar-refractivity contribution >= 4 is 0 Å². The summed E-state index contributed by atoms with van der Waals surface area (Å²) in [6, 6.07) is 0.0590. The Morgan fingerprint density at radius 3 is 2.75 bits per heavy atom. The molecule has 0 aliphatic carbocycles. The van der Waals surface area contributed by atoms with E-state index < -0.39 is 0 Å². The Bertz CT molecular complexity index is 293. The first-order valence-corrected chi connectivity index (χ1v) is 6.17. The Morgan fingerprint density at radius 1 is 1.44 bits per heavy atom. The predicted molar refractivity (Wildman–Crippen MR) is 67.2 cm³/mol. The van der Waals surface area contributed by atoms with Crippen molar-refractivity contribution in [2.45, 2.75) is 39.8 Å². The first-order chi connectivity index (χ1) is 7.69. The Morgan fingerprint density at radius 2 is 2.19 bits per heavy atom. The molecule has 0 bridgehead atoms. The van der Waals surface area contributed by atoms with Gasteiger partial charge in [-0.25, -0.2) is 4.98 Å². The third-order valence-electron chi connectivity index (χ3n) is 2.86. The normalized spacial score (nSPS) is 13.3. The van der Waals surface area contributed by atoms with Crippen molar-refractivity contribution in [2.24, 2.45) is 5.73 Å². The average molecular weight is 224 g/mol. The van der Waals surface area contributed by atoms with Gasteiger partial charge in [-0.2, -0.15) is 0 Å². The van der Waals surface area contributed by atoms with Crippen LogP contribution in [0.5, 0.6) is 0 Å². The van der Waals surface area contributed by atoms with E-state index in [-0.39, 0.29) is 6.04 Å². The van der Waals surface area contributed by atoms with Crippen LogP contribution in [0.25, 0.3) is 0 Å². The minimum Gasteiger partial charge on any atom is -0.332 e. The predicted octanol–water partition coefficient (Wildman–Crippen LogP) is 1.63. The van der Waals surface area contributed by atoms with Gasteiger partial charge in [-0.1, -0.05) is 13.8 Å². The van der Waals surface area contributed by atoms with Crippen molar-refractivity contribution in [1.29, 1.82) is 0 Å². The number of nitrogens with two attached hydrogens (primary N) is 1. The molecule has 0 aliphatic heterocycles. The van der Waals surface area contributed by atoms with Crippen LogP contribution in [0.15, 0.2) is 12.5 Å². The molecule has 4 nitrogen and oxygen atoms in total. The molecule has 16 heavy (non-hydrogen) atoms. The maximum Gasteiger partial charge on any atom is 0.0949 e. The van der Waals surface area contributed by atoms with Gasteiger partial charge in [-0.15, -0.1) is 0 Å². The summed E-state index contributed by atoms with van der Waals surface area (Å²) in [5.41, 5.74) is 7.00. The second-order valence-electron chi connectivity index (χ2n) is 4.23. The maximum atomic E-state index is 5.88. The van der Waals surface area contributed by atoms with Crippen LogP contribution in [0.4, 0.5) is 0 Å². The highest BCUT2D eigenvalue weighted by Crippen LogP contribution is 2.08. The second kappa shape index (κ2) is 6.66. The van der Waals surface area contributed by atoms with Crippen molar-refractivity contribution in [1.82, 2.24) is 14.5 Å². The number of hydrogen-bond acceptors (Lipinski definition) is 3. The van der Waals surface area contributed by atoms with Crippen molar-refractivity contribution < 1.29 is 0 Å². The summed E-state index contributed by atoms with van der Waals surface area (Å²) in [5.74, 6) is 0. The lowest BCUT2D eigenvalue weighted by molar-refractivity contribution is 0.275. The highest BCUT2D eigenvalue weighted by Gasteiger charge is 2.07. The molecular formula is C12H24N4. The topological polar surface area (TPSA) is 47.1 Å². The van der Waals surface area contributed by atoms with Crippen LogP contribution >= 0.6 is 0 Å². The summed E-state index contributed by atoms with van der Waals surface area (Å²) in [5, 5.41) is 0. The Labute approximate surface area is 98.5 Å². The van der Waals surface area contributed by atoms with Crippen molar-refractivity contribution in [3.05, 3.63) is 18.2 Å². The van der Waals surface area contributed by atoms with E-state index in [0.717, 1.165) is 25.3 Å². The Hall–Kier alpha value is -0.870. The lowest BCUT2D eigenvalue weighted by atomic mass is 10.2. The van der Waals surface area contributed by atoms with E-state index in [1.54, 1.807) is 0 Å². The molecule has 0 aliphatic rings. The summed E-state index contributed by atoms with van der Waals surface area (Å²) < 4.78 is 2.16.